The SMILES string of the molecule is CCNCc1cc(F)cnc1N1CCN(C)CC1C. The van der Waals surface area contributed by atoms with E-state index < -0.39 is 0 Å². The molecule has 0 bridgehead atoms. The number of rotatable bonds is 4. The molecular formula is C14H23FN4. The summed E-state index contributed by atoms with van der Waals surface area (Å²) in [6.45, 7) is 8.74. The second kappa shape index (κ2) is 6.30. The first-order chi connectivity index (χ1) is 9.11. The van der Waals surface area contributed by atoms with Crippen LogP contribution in [0.5, 0.6) is 0 Å². The zero-order valence-electron chi connectivity index (χ0n) is 12.0. The van der Waals surface area contributed by atoms with Gasteiger partial charge in [-0.05, 0) is 26.6 Å². The first-order valence-electron chi connectivity index (χ1n) is 6.92. The molecule has 1 aliphatic heterocycles. The van der Waals surface area contributed by atoms with E-state index in [0.717, 1.165) is 37.6 Å². The van der Waals surface area contributed by atoms with E-state index in [1.807, 2.05) is 6.92 Å². The van der Waals surface area contributed by atoms with Crippen LogP contribution in [0.2, 0.25) is 0 Å². The summed E-state index contributed by atoms with van der Waals surface area (Å²) in [5, 5.41) is 3.25. The van der Waals surface area contributed by atoms with E-state index in [9.17, 15) is 4.39 Å². The molecule has 106 valence electrons. The van der Waals surface area contributed by atoms with Gasteiger partial charge in [0.1, 0.15) is 11.6 Å². The number of pyridine rings is 1. The zero-order valence-corrected chi connectivity index (χ0v) is 12.0. The summed E-state index contributed by atoms with van der Waals surface area (Å²) in [7, 11) is 2.13. The molecule has 1 aromatic rings. The molecule has 2 heterocycles. The van der Waals surface area contributed by atoms with E-state index in [1.165, 1.54) is 6.20 Å². The van der Waals surface area contributed by atoms with Crippen molar-refractivity contribution in [3.05, 3.63) is 23.6 Å². The van der Waals surface area contributed by atoms with E-state index in [-0.39, 0.29) is 5.82 Å². The van der Waals surface area contributed by atoms with Crippen molar-refractivity contribution in [2.75, 3.05) is 38.1 Å². The maximum absolute atomic E-state index is 13.4. The molecule has 19 heavy (non-hydrogen) atoms. The molecule has 1 unspecified atom stereocenters. The fourth-order valence-corrected chi connectivity index (χ4v) is 2.58. The molecule has 4 nitrogen and oxygen atoms in total. The molecule has 1 aromatic heterocycles. The minimum atomic E-state index is -0.265. The maximum atomic E-state index is 13.4. The van der Waals surface area contributed by atoms with Gasteiger partial charge in [-0.15, -0.1) is 0 Å². The monoisotopic (exact) mass is 266 g/mol. The van der Waals surface area contributed by atoms with E-state index in [1.54, 1.807) is 6.07 Å². The van der Waals surface area contributed by atoms with Crippen LogP contribution in [-0.2, 0) is 6.54 Å². The van der Waals surface area contributed by atoms with Gasteiger partial charge in [0.05, 0.1) is 6.20 Å². The van der Waals surface area contributed by atoms with Crippen molar-refractivity contribution in [3.63, 3.8) is 0 Å². The van der Waals surface area contributed by atoms with Gasteiger partial charge in [0.25, 0.3) is 0 Å². The molecule has 1 aliphatic rings. The number of anilines is 1. The van der Waals surface area contributed by atoms with Crippen molar-refractivity contribution in [2.24, 2.45) is 0 Å². The van der Waals surface area contributed by atoms with Crippen molar-refractivity contribution in [3.8, 4) is 0 Å². The lowest BCUT2D eigenvalue weighted by Gasteiger charge is -2.39. The van der Waals surface area contributed by atoms with Gasteiger partial charge in [-0.1, -0.05) is 6.92 Å². The van der Waals surface area contributed by atoms with Crippen molar-refractivity contribution in [1.29, 1.82) is 0 Å². The van der Waals surface area contributed by atoms with Gasteiger partial charge >= 0.3 is 0 Å². The molecule has 1 fully saturated rings. The van der Waals surface area contributed by atoms with Crippen LogP contribution in [0.4, 0.5) is 10.2 Å². The molecule has 2 rings (SSSR count). The van der Waals surface area contributed by atoms with Crippen LogP contribution < -0.4 is 10.2 Å². The normalized spacial score (nSPS) is 20.8. The Morgan fingerprint density at radius 3 is 2.95 bits per heavy atom. The fraction of sp³-hybridized carbons (Fsp3) is 0.643. The maximum Gasteiger partial charge on any atom is 0.141 e. The number of nitrogens with one attached hydrogen (secondary N) is 1. The molecule has 0 amide bonds. The Morgan fingerprint density at radius 2 is 2.26 bits per heavy atom. The lowest BCUT2D eigenvalue weighted by molar-refractivity contribution is 0.274. The van der Waals surface area contributed by atoms with E-state index in [0.29, 0.717) is 12.6 Å². The van der Waals surface area contributed by atoms with Gasteiger partial charge < -0.3 is 15.1 Å². The third-order valence-electron chi connectivity index (χ3n) is 3.58. The summed E-state index contributed by atoms with van der Waals surface area (Å²) < 4.78 is 13.4. The zero-order chi connectivity index (χ0) is 13.8. The summed E-state index contributed by atoms with van der Waals surface area (Å²) in [5.41, 5.74) is 0.943. The number of halogens is 1. The predicted octanol–water partition coefficient (Wildman–Crippen LogP) is 1.47. The second-order valence-corrected chi connectivity index (χ2v) is 5.22. The summed E-state index contributed by atoms with van der Waals surface area (Å²) >= 11 is 0. The highest BCUT2D eigenvalue weighted by Gasteiger charge is 2.24. The lowest BCUT2D eigenvalue weighted by atomic mass is 10.1. The Morgan fingerprint density at radius 1 is 1.47 bits per heavy atom. The Bertz CT molecular complexity index is 424. The second-order valence-electron chi connectivity index (χ2n) is 5.22. The van der Waals surface area contributed by atoms with Gasteiger partial charge in [-0.3, -0.25) is 0 Å². The lowest BCUT2D eigenvalue weighted by Crippen LogP contribution is -2.51. The predicted molar refractivity (Wildman–Crippen MR) is 75.9 cm³/mol. The molecule has 1 saturated heterocycles. The molecule has 5 heteroatoms. The smallest absolute Gasteiger partial charge is 0.141 e. The Hall–Kier alpha value is -1.20. The molecular weight excluding hydrogens is 243 g/mol. The van der Waals surface area contributed by atoms with Crippen LogP contribution in [-0.4, -0.2) is 49.2 Å². The van der Waals surface area contributed by atoms with Gasteiger partial charge in [0.15, 0.2) is 0 Å². The molecule has 0 saturated carbocycles. The summed E-state index contributed by atoms with van der Waals surface area (Å²) in [4.78, 5) is 8.92. The Balaban J connectivity index is 2.22. The highest BCUT2D eigenvalue weighted by atomic mass is 19.1. The van der Waals surface area contributed by atoms with Crippen LogP contribution in [0, 0.1) is 5.82 Å². The van der Waals surface area contributed by atoms with E-state index in [4.69, 9.17) is 0 Å². The number of aromatic nitrogens is 1. The number of likely N-dealkylation sites (N-methyl/N-ethyl adjacent to an activating group) is 1. The summed E-state index contributed by atoms with van der Waals surface area (Å²) in [6.07, 6.45) is 1.32. The third kappa shape index (κ3) is 3.42. The largest absolute Gasteiger partial charge is 0.351 e. The summed E-state index contributed by atoms with van der Waals surface area (Å²) in [5.74, 6) is 0.654. The highest BCUT2D eigenvalue weighted by Crippen LogP contribution is 2.23. The van der Waals surface area contributed by atoms with Crippen LogP contribution in [0.15, 0.2) is 12.3 Å². The molecule has 0 aliphatic carbocycles. The minimum absolute atomic E-state index is 0.265. The summed E-state index contributed by atoms with van der Waals surface area (Å²) in [6, 6.07) is 1.99. The minimum Gasteiger partial charge on any atom is -0.351 e. The topological polar surface area (TPSA) is 31.4 Å². The van der Waals surface area contributed by atoms with Gasteiger partial charge in [-0.2, -0.15) is 0 Å². The van der Waals surface area contributed by atoms with Gasteiger partial charge in [0.2, 0.25) is 0 Å². The average molecular weight is 266 g/mol. The van der Waals surface area contributed by atoms with Gasteiger partial charge in [0, 0.05) is 37.8 Å². The third-order valence-corrected chi connectivity index (χ3v) is 3.58. The van der Waals surface area contributed by atoms with Crippen LogP contribution in [0.1, 0.15) is 19.4 Å². The van der Waals surface area contributed by atoms with Crippen molar-refractivity contribution < 1.29 is 4.39 Å². The van der Waals surface area contributed by atoms with Gasteiger partial charge in [-0.25, -0.2) is 9.37 Å². The quantitative estimate of drug-likeness (QED) is 0.894. The standard InChI is InChI=1S/C14H23FN4/c1-4-16-8-12-7-13(15)9-17-14(12)19-6-5-18(3)10-11(19)2/h7,9,11,16H,4-6,8,10H2,1-3H3. The van der Waals surface area contributed by atoms with Crippen molar-refractivity contribution in [2.45, 2.75) is 26.4 Å². The Kier molecular flexibility index (Phi) is 4.71. The number of hydrogen-bond acceptors (Lipinski definition) is 4. The Labute approximate surface area is 114 Å². The first kappa shape index (κ1) is 14.2. The average Bonchev–Trinajstić information content (AvgIpc) is 2.37. The van der Waals surface area contributed by atoms with Crippen molar-refractivity contribution >= 4 is 5.82 Å². The molecule has 1 N–H and O–H groups in total. The molecule has 1 atom stereocenters. The first-order valence-corrected chi connectivity index (χ1v) is 6.92. The number of nitrogens with zero attached hydrogens (tertiary/aromatic N) is 3. The van der Waals surface area contributed by atoms with Crippen LogP contribution >= 0.6 is 0 Å². The van der Waals surface area contributed by atoms with Crippen LogP contribution in [0.25, 0.3) is 0 Å². The van der Waals surface area contributed by atoms with E-state index in [2.05, 4.69) is 34.1 Å². The molecule has 0 spiro atoms. The fourth-order valence-electron chi connectivity index (χ4n) is 2.58. The molecule has 0 radical (unpaired) electrons. The number of hydrogen-bond donors (Lipinski definition) is 1. The van der Waals surface area contributed by atoms with E-state index >= 15 is 0 Å². The van der Waals surface area contributed by atoms with Crippen LogP contribution in [0.3, 0.4) is 0 Å². The number of piperazine rings is 1. The van der Waals surface area contributed by atoms with Crippen molar-refractivity contribution in [1.82, 2.24) is 15.2 Å². The molecule has 0 aromatic carbocycles. The highest BCUT2D eigenvalue weighted by molar-refractivity contribution is 5.48.